The van der Waals surface area contributed by atoms with E-state index in [0.717, 1.165) is 11.3 Å². The lowest BCUT2D eigenvalue weighted by molar-refractivity contribution is -0.143. The molecule has 0 bridgehead atoms. The quantitative estimate of drug-likeness (QED) is 0.506. The number of hydrogen-bond acceptors (Lipinski definition) is 6. The number of carbonyl (C=O) groups excluding carboxylic acids is 3. The zero-order chi connectivity index (χ0) is 27.2. The highest BCUT2D eigenvalue weighted by Gasteiger charge is 2.54. The van der Waals surface area contributed by atoms with E-state index in [1.165, 1.54) is 0 Å². The van der Waals surface area contributed by atoms with Gasteiger partial charge in [-0.15, -0.1) is 0 Å². The molecule has 1 spiro atoms. The molecular weight excluding hydrogens is 496 g/mol. The number of carbonyl (C=O) groups is 3. The summed E-state index contributed by atoms with van der Waals surface area (Å²) >= 11 is 0. The first-order valence-electron chi connectivity index (χ1n) is 13.1. The topological polar surface area (TPSA) is 101 Å². The molecule has 1 atom stereocenters. The lowest BCUT2D eigenvalue weighted by Crippen LogP contribution is -2.59. The minimum absolute atomic E-state index is 0.0340. The van der Waals surface area contributed by atoms with E-state index >= 15 is 0 Å². The van der Waals surface area contributed by atoms with Gasteiger partial charge in [-0.3, -0.25) is 24.3 Å². The molecule has 2 aliphatic heterocycles. The molecule has 39 heavy (non-hydrogen) atoms. The largest absolute Gasteiger partial charge is 0.497 e. The predicted molar refractivity (Wildman–Crippen MR) is 144 cm³/mol. The number of methoxy groups -OCH3 is 1. The highest BCUT2D eigenvalue weighted by Crippen LogP contribution is 2.39. The van der Waals surface area contributed by atoms with Gasteiger partial charge >= 0.3 is 0 Å². The highest BCUT2D eigenvalue weighted by molar-refractivity contribution is 5.98. The van der Waals surface area contributed by atoms with Crippen LogP contribution in [-0.2, 0) is 27.3 Å². The van der Waals surface area contributed by atoms with Crippen molar-refractivity contribution in [2.75, 3.05) is 26.8 Å². The van der Waals surface area contributed by atoms with Crippen LogP contribution in [0.25, 0.3) is 0 Å². The van der Waals surface area contributed by atoms with E-state index in [9.17, 15) is 14.4 Å². The van der Waals surface area contributed by atoms with Gasteiger partial charge < -0.3 is 19.7 Å². The molecule has 1 N–H and O–H groups in total. The normalized spacial score (nSPS) is 18.1. The second-order valence-corrected chi connectivity index (χ2v) is 9.76. The minimum Gasteiger partial charge on any atom is -0.497 e. The Kier molecular flexibility index (Phi) is 7.88. The summed E-state index contributed by atoms with van der Waals surface area (Å²) in [4.78, 5) is 47.9. The summed E-state index contributed by atoms with van der Waals surface area (Å²) in [5.74, 6) is 0.0692. The number of amides is 3. The molecule has 9 nitrogen and oxygen atoms in total. The van der Waals surface area contributed by atoms with Gasteiger partial charge in [-0.05, 0) is 42.0 Å². The van der Waals surface area contributed by atoms with Crippen molar-refractivity contribution in [3.63, 3.8) is 0 Å². The number of rotatable bonds is 7. The molecule has 202 valence electrons. The third-order valence-corrected chi connectivity index (χ3v) is 7.38. The standard InChI is InChI=1S/C30H32N4O5/c1-38-25-12-10-23(11-13-25)29(37)34-26(28(36)32-20-24-9-5-6-16-31-24)21-39-30(34)14-17-33(18-15-30)27(35)19-22-7-3-2-4-8-22/h2-13,16,26H,14-15,17-21H2,1H3,(H,32,36)/t26-/m1/s1. The zero-order valence-corrected chi connectivity index (χ0v) is 21.9. The summed E-state index contributed by atoms with van der Waals surface area (Å²) in [5, 5.41) is 2.91. The van der Waals surface area contributed by atoms with Crippen molar-refractivity contribution < 1.29 is 23.9 Å². The van der Waals surface area contributed by atoms with Gasteiger partial charge in [0.15, 0.2) is 0 Å². The number of pyridine rings is 1. The van der Waals surface area contributed by atoms with Crippen molar-refractivity contribution in [2.24, 2.45) is 0 Å². The van der Waals surface area contributed by atoms with Crippen LogP contribution in [0.4, 0.5) is 0 Å². The second kappa shape index (κ2) is 11.7. The van der Waals surface area contributed by atoms with Gasteiger partial charge in [-0.2, -0.15) is 0 Å². The van der Waals surface area contributed by atoms with E-state index in [4.69, 9.17) is 9.47 Å². The lowest BCUT2D eigenvalue weighted by atomic mass is 9.96. The van der Waals surface area contributed by atoms with Gasteiger partial charge in [0, 0.05) is 37.7 Å². The molecule has 2 saturated heterocycles. The van der Waals surface area contributed by atoms with E-state index in [1.807, 2.05) is 53.4 Å². The van der Waals surface area contributed by atoms with Crippen LogP contribution in [0, 0.1) is 0 Å². The molecule has 0 unspecified atom stereocenters. The minimum atomic E-state index is -0.979. The van der Waals surface area contributed by atoms with E-state index in [1.54, 1.807) is 42.5 Å². The van der Waals surface area contributed by atoms with Gasteiger partial charge in [0.25, 0.3) is 5.91 Å². The molecule has 3 amide bonds. The Balaban J connectivity index is 1.33. The van der Waals surface area contributed by atoms with Crippen molar-refractivity contribution in [1.82, 2.24) is 20.1 Å². The Morgan fingerprint density at radius 1 is 1.00 bits per heavy atom. The first kappa shape index (κ1) is 26.4. The maximum atomic E-state index is 13.9. The summed E-state index contributed by atoms with van der Waals surface area (Å²) in [7, 11) is 1.56. The monoisotopic (exact) mass is 528 g/mol. The molecule has 2 aromatic carbocycles. The zero-order valence-electron chi connectivity index (χ0n) is 21.9. The van der Waals surface area contributed by atoms with Crippen molar-refractivity contribution in [3.8, 4) is 5.75 Å². The Morgan fingerprint density at radius 3 is 2.38 bits per heavy atom. The SMILES string of the molecule is COc1ccc(C(=O)N2[C@@H](C(=O)NCc3ccccn3)COC23CCN(C(=O)Cc2ccccc2)CC3)cc1. The number of nitrogens with one attached hydrogen (secondary N) is 1. The molecular formula is C30H32N4O5. The first-order valence-corrected chi connectivity index (χ1v) is 13.1. The predicted octanol–water partition coefficient (Wildman–Crippen LogP) is 2.81. The van der Waals surface area contributed by atoms with Crippen molar-refractivity contribution in [1.29, 1.82) is 0 Å². The van der Waals surface area contributed by atoms with Crippen LogP contribution in [0.2, 0.25) is 0 Å². The van der Waals surface area contributed by atoms with Crippen LogP contribution in [0.5, 0.6) is 5.75 Å². The summed E-state index contributed by atoms with van der Waals surface area (Å²) in [5.41, 5.74) is 1.14. The van der Waals surface area contributed by atoms with Gasteiger partial charge in [0.05, 0.1) is 32.4 Å². The smallest absolute Gasteiger partial charge is 0.256 e. The van der Waals surface area contributed by atoms with E-state index in [-0.39, 0.29) is 30.9 Å². The van der Waals surface area contributed by atoms with Crippen LogP contribution in [0.3, 0.4) is 0 Å². The Morgan fingerprint density at radius 2 is 1.72 bits per heavy atom. The van der Waals surface area contributed by atoms with E-state index in [0.29, 0.717) is 43.7 Å². The summed E-state index contributed by atoms with van der Waals surface area (Å²) < 4.78 is 11.5. The molecule has 0 aliphatic carbocycles. The van der Waals surface area contributed by atoms with Crippen LogP contribution >= 0.6 is 0 Å². The number of aromatic nitrogens is 1. The Labute approximate surface area is 227 Å². The van der Waals surface area contributed by atoms with Gasteiger partial charge in [-0.1, -0.05) is 36.4 Å². The fourth-order valence-corrected chi connectivity index (χ4v) is 5.23. The number of hydrogen-bond donors (Lipinski definition) is 1. The van der Waals surface area contributed by atoms with E-state index in [2.05, 4.69) is 10.3 Å². The number of nitrogens with zero attached hydrogens (tertiary/aromatic N) is 3. The van der Waals surface area contributed by atoms with Gasteiger partial charge in [-0.25, -0.2) is 0 Å². The molecule has 3 aromatic rings. The maximum Gasteiger partial charge on any atom is 0.256 e. The van der Waals surface area contributed by atoms with Gasteiger partial charge in [0.1, 0.15) is 17.5 Å². The molecule has 9 heteroatoms. The lowest BCUT2D eigenvalue weighted by Gasteiger charge is -2.44. The van der Waals surface area contributed by atoms with Crippen LogP contribution < -0.4 is 10.1 Å². The van der Waals surface area contributed by atoms with E-state index < -0.39 is 11.8 Å². The van der Waals surface area contributed by atoms with Gasteiger partial charge in [0.2, 0.25) is 11.8 Å². The third kappa shape index (κ3) is 5.78. The molecule has 0 radical (unpaired) electrons. The summed E-state index contributed by atoms with van der Waals surface area (Å²) in [6.07, 6.45) is 2.82. The fraction of sp³-hybridized carbons (Fsp3) is 0.333. The molecule has 2 fully saturated rings. The molecule has 2 aliphatic rings. The number of likely N-dealkylation sites (tertiary alicyclic amines) is 1. The highest BCUT2D eigenvalue weighted by atomic mass is 16.5. The Hall–Kier alpha value is -4.24. The van der Waals surface area contributed by atoms with Crippen molar-refractivity contribution in [2.45, 2.75) is 37.6 Å². The third-order valence-electron chi connectivity index (χ3n) is 7.38. The average molecular weight is 529 g/mol. The summed E-state index contributed by atoms with van der Waals surface area (Å²) in [6, 6.07) is 21.1. The maximum absolute atomic E-state index is 13.9. The molecule has 0 saturated carbocycles. The van der Waals surface area contributed by atoms with Crippen molar-refractivity contribution in [3.05, 3.63) is 95.8 Å². The number of benzene rings is 2. The second-order valence-electron chi connectivity index (χ2n) is 9.76. The summed E-state index contributed by atoms with van der Waals surface area (Å²) in [6.45, 7) is 1.18. The molecule has 1 aromatic heterocycles. The average Bonchev–Trinajstić information content (AvgIpc) is 3.35. The van der Waals surface area contributed by atoms with Crippen LogP contribution in [0.1, 0.15) is 34.5 Å². The fourth-order valence-electron chi connectivity index (χ4n) is 5.23. The van der Waals surface area contributed by atoms with Crippen LogP contribution in [0.15, 0.2) is 79.0 Å². The number of piperidine rings is 1. The van der Waals surface area contributed by atoms with Crippen molar-refractivity contribution >= 4 is 17.7 Å². The Bertz CT molecular complexity index is 1290. The molecule has 5 rings (SSSR count). The number of ether oxygens (including phenoxy) is 2. The first-order chi connectivity index (χ1) is 19.0. The molecule has 3 heterocycles. The van der Waals surface area contributed by atoms with Crippen LogP contribution in [-0.4, -0.2) is 71.1 Å².